The fraction of sp³-hybridized carbons (Fsp3) is 0.500. The predicted octanol–water partition coefficient (Wildman–Crippen LogP) is 4.54. The molecule has 0 aromatic heterocycles. The molecule has 186 valence electrons. The van der Waals surface area contributed by atoms with E-state index >= 15 is 0 Å². The van der Waals surface area contributed by atoms with Crippen LogP contribution in [0.1, 0.15) is 50.3 Å². The van der Waals surface area contributed by atoms with Gasteiger partial charge in [0.05, 0.1) is 40.6 Å². The molecule has 1 fully saturated rings. The number of hydrogen-bond acceptors (Lipinski definition) is 7. The first kappa shape index (κ1) is 25.5. The number of carboxylic acids is 1. The summed E-state index contributed by atoms with van der Waals surface area (Å²) < 4.78 is 28.3. The van der Waals surface area contributed by atoms with Gasteiger partial charge in [0.25, 0.3) is 0 Å². The zero-order chi connectivity index (χ0) is 24.7. The topological polar surface area (TPSA) is 86.7 Å². The Bertz CT molecular complexity index is 953. The summed E-state index contributed by atoms with van der Waals surface area (Å²) >= 11 is 0. The van der Waals surface area contributed by atoms with Gasteiger partial charge in [-0.05, 0) is 68.6 Å². The minimum Gasteiger partial charge on any atom is -0.493 e. The van der Waals surface area contributed by atoms with Gasteiger partial charge in [0.1, 0.15) is 6.04 Å². The summed E-state index contributed by atoms with van der Waals surface area (Å²) in [6, 6.07) is 8.58. The molecular formula is C26H35NO7. The van der Waals surface area contributed by atoms with E-state index in [0.717, 1.165) is 24.0 Å². The fourth-order valence-corrected chi connectivity index (χ4v) is 4.60. The van der Waals surface area contributed by atoms with E-state index in [1.807, 2.05) is 49.1 Å². The Kier molecular flexibility index (Phi) is 8.87. The van der Waals surface area contributed by atoms with Crippen molar-refractivity contribution in [3.8, 4) is 28.7 Å². The first-order valence-corrected chi connectivity index (χ1v) is 11.7. The average molecular weight is 474 g/mol. The Morgan fingerprint density at radius 3 is 2.09 bits per heavy atom. The normalized spacial score (nSPS) is 17.0. The molecule has 0 bridgehead atoms. The van der Waals surface area contributed by atoms with Gasteiger partial charge in [0, 0.05) is 0 Å². The van der Waals surface area contributed by atoms with Crippen molar-refractivity contribution in [1.29, 1.82) is 0 Å². The monoisotopic (exact) mass is 473 g/mol. The van der Waals surface area contributed by atoms with Gasteiger partial charge < -0.3 is 28.8 Å². The molecule has 0 aliphatic carbocycles. The lowest BCUT2D eigenvalue weighted by Crippen LogP contribution is -2.46. The SMILES string of the molecule is CCOc1ccc(C(c2cc(OC)c(OC)c(OC)c2)N2CCCCC2C(=O)O)cc1OCC. The van der Waals surface area contributed by atoms with Crippen LogP contribution in [0.5, 0.6) is 28.7 Å². The van der Waals surface area contributed by atoms with Gasteiger partial charge in [-0.15, -0.1) is 0 Å². The maximum Gasteiger partial charge on any atom is 0.320 e. The van der Waals surface area contributed by atoms with Crippen LogP contribution >= 0.6 is 0 Å². The highest BCUT2D eigenvalue weighted by Crippen LogP contribution is 2.44. The van der Waals surface area contributed by atoms with Crippen LogP contribution in [0, 0.1) is 0 Å². The molecule has 1 aliphatic rings. The van der Waals surface area contributed by atoms with Crippen molar-refractivity contribution in [2.75, 3.05) is 41.1 Å². The molecule has 0 radical (unpaired) electrons. The van der Waals surface area contributed by atoms with Crippen LogP contribution in [0.15, 0.2) is 30.3 Å². The zero-order valence-corrected chi connectivity index (χ0v) is 20.6. The van der Waals surface area contributed by atoms with Crippen LogP contribution in [0.25, 0.3) is 0 Å². The number of nitrogens with zero attached hydrogens (tertiary/aromatic N) is 1. The molecule has 1 heterocycles. The van der Waals surface area contributed by atoms with Crippen molar-refractivity contribution in [3.63, 3.8) is 0 Å². The van der Waals surface area contributed by atoms with Crippen LogP contribution < -0.4 is 23.7 Å². The number of benzene rings is 2. The van der Waals surface area contributed by atoms with Crippen LogP contribution in [-0.4, -0.2) is 63.1 Å². The molecule has 8 heteroatoms. The number of rotatable bonds is 11. The number of likely N-dealkylation sites (tertiary alicyclic amines) is 1. The lowest BCUT2D eigenvalue weighted by atomic mass is 9.91. The lowest BCUT2D eigenvalue weighted by molar-refractivity contribution is -0.145. The summed E-state index contributed by atoms with van der Waals surface area (Å²) in [5, 5.41) is 10.0. The van der Waals surface area contributed by atoms with Crippen LogP contribution in [0.2, 0.25) is 0 Å². The second-order valence-electron chi connectivity index (χ2n) is 8.02. The van der Waals surface area contributed by atoms with E-state index < -0.39 is 12.0 Å². The third-order valence-electron chi connectivity index (χ3n) is 6.05. The Morgan fingerprint density at radius 1 is 0.912 bits per heavy atom. The number of piperidine rings is 1. The van der Waals surface area contributed by atoms with Gasteiger partial charge in [-0.1, -0.05) is 12.5 Å². The fourth-order valence-electron chi connectivity index (χ4n) is 4.60. The molecule has 1 aliphatic heterocycles. The van der Waals surface area contributed by atoms with Crippen LogP contribution in [0.3, 0.4) is 0 Å². The molecule has 0 spiro atoms. The number of methoxy groups -OCH3 is 3. The number of carboxylic acid groups (broad SMARTS) is 1. The maximum atomic E-state index is 12.2. The second kappa shape index (κ2) is 11.8. The molecule has 0 saturated carbocycles. The van der Waals surface area contributed by atoms with E-state index in [9.17, 15) is 9.90 Å². The van der Waals surface area contributed by atoms with E-state index in [0.29, 0.717) is 54.9 Å². The van der Waals surface area contributed by atoms with Crippen molar-refractivity contribution in [2.45, 2.75) is 45.2 Å². The number of ether oxygens (including phenoxy) is 5. The Balaban J connectivity index is 2.22. The van der Waals surface area contributed by atoms with Gasteiger partial charge in [0.15, 0.2) is 23.0 Å². The molecule has 1 N–H and O–H groups in total. The van der Waals surface area contributed by atoms with Crippen molar-refractivity contribution in [3.05, 3.63) is 41.5 Å². The van der Waals surface area contributed by atoms with Crippen molar-refractivity contribution in [2.24, 2.45) is 0 Å². The zero-order valence-electron chi connectivity index (χ0n) is 20.6. The lowest BCUT2D eigenvalue weighted by Gasteiger charge is -2.40. The standard InChI is InChI=1S/C26H35NO7/c1-6-33-20-12-11-17(14-21(20)34-7-2)24(27-13-9-8-10-19(27)26(28)29)18-15-22(30-3)25(32-5)23(16-18)31-4/h11-12,14-16,19,24H,6-10,13H2,1-5H3,(H,28,29). The predicted molar refractivity (Wildman–Crippen MR) is 129 cm³/mol. The Morgan fingerprint density at radius 2 is 1.53 bits per heavy atom. The molecule has 0 amide bonds. The Labute approximate surface area is 201 Å². The molecule has 2 atom stereocenters. The maximum absolute atomic E-state index is 12.2. The first-order valence-electron chi connectivity index (χ1n) is 11.7. The highest BCUT2D eigenvalue weighted by atomic mass is 16.5. The van der Waals surface area contributed by atoms with E-state index in [2.05, 4.69) is 0 Å². The van der Waals surface area contributed by atoms with E-state index in [4.69, 9.17) is 23.7 Å². The summed E-state index contributed by atoms with van der Waals surface area (Å²) in [7, 11) is 4.70. The summed E-state index contributed by atoms with van der Waals surface area (Å²) in [6.07, 6.45) is 2.38. The van der Waals surface area contributed by atoms with Gasteiger partial charge in [-0.25, -0.2) is 0 Å². The minimum atomic E-state index is -0.826. The average Bonchev–Trinajstić information content (AvgIpc) is 2.85. The molecule has 2 aromatic carbocycles. The molecule has 8 nitrogen and oxygen atoms in total. The highest BCUT2D eigenvalue weighted by molar-refractivity contribution is 5.74. The summed E-state index contributed by atoms with van der Waals surface area (Å²) in [5.41, 5.74) is 1.74. The molecule has 34 heavy (non-hydrogen) atoms. The molecular weight excluding hydrogens is 438 g/mol. The van der Waals surface area contributed by atoms with E-state index in [1.54, 1.807) is 21.3 Å². The molecule has 3 rings (SSSR count). The summed E-state index contributed by atoms with van der Waals surface area (Å²) in [6.45, 7) is 5.50. The van der Waals surface area contributed by atoms with Crippen LogP contribution in [0.4, 0.5) is 0 Å². The van der Waals surface area contributed by atoms with Crippen molar-refractivity contribution < 1.29 is 33.6 Å². The smallest absolute Gasteiger partial charge is 0.320 e. The quantitative estimate of drug-likeness (QED) is 0.509. The van der Waals surface area contributed by atoms with Crippen molar-refractivity contribution >= 4 is 5.97 Å². The summed E-state index contributed by atoms with van der Waals surface area (Å²) in [5.74, 6) is 1.98. The number of hydrogen-bond donors (Lipinski definition) is 1. The largest absolute Gasteiger partial charge is 0.493 e. The van der Waals surface area contributed by atoms with Gasteiger partial charge in [-0.3, -0.25) is 9.69 Å². The summed E-state index contributed by atoms with van der Waals surface area (Å²) in [4.78, 5) is 14.3. The number of aliphatic carboxylic acids is 1. The minimum absolute atomic E-state index is 0.370. The number of carbonyl (C=O) groups is 1. The second-order valence-corrected chi connectivity index (χ2v) is 8.02. The third-order valence-corrected chi connectivity index (χ3v) is 6.05. The van der Waals surface area contributed by atoms with Gasteiger partial charge in [0.2, 0.25) is 5.75 Å². The highest BCUT2D eigenvalue weighted by Gasteiger charge is 2.36. The van der Waals surface area contributed by atoms with E-state index in [1.165, 1.54) is 0 Å². The Hall–Kier alpha value is -3.13. The third kappa shape index (κ3) is 5.33. The first-order chi connectivity index (χ1) is 16.5. The van der Waals surface area contributed by atoms with E-state index in [-0.39, 0.29) is 6.04 Å². The van der Waals surface area contributed by atoms with Crippen LogP contribution in [-0.2, 0) is 4.79 Å². The van der Waals surface area contributed by atoms with Gasteiger partial charge >= 0.3 is 5.97 Å². The molecule has 1 saturated heterocycles. The van der Waals surface area contributed by atoms with Gasteiger partial charge in [-0.2, -0.15) is 0 Å². The van der Waals surface area contributed by atoms with Crippen molar-refractivity contribution in [1.82, 2.24) is 4.90 Å². The molecule has 2 unspecified atom stereocenters. The molecule has 2 aromatic rings.